The Morgan fingerprint density at radius 2 is 0.264 bits per heavy atom. The van der Waals surface area contributed by atoms with Crippen molar-refractivity contribution in [3.05, 3.63) is 388 Å². The molecule has 0 spiro atoms. The van der Waals surface area contributed by atoms with Crippen molar-refractivity contribution in [1.82, 2.24) is 0 Å². The molecule has 0 aliphatic heterocycles. The van der Waals surface area contributed by atoms with E-state index in [0.29, 0.717) is 0 Å². The summed E-state index contributed by atoms with van der Waals surface area (Å²) in [6.07, 6.45) is 0. The van der Waals surface area contributed by atoms with Gasteiger partial charge in [0.1, 0.15) is 0 Å². The second-order valence-corrected chi connectivity index (χ2v) is 30.3. The highest BCUT2D eigenvalue weighted by Crippen LogP contribution is 2.36. The molecule has 0 saturated carbocycles. The van der Waals surface area contributed by atoms with Gasteiger partial charge in [0, 0.05) is 0 Å². The molecular weight excluding hydrogens is 1270 g/mol. The molecule has 0 heteroatoms. The van der Waals surface area contributed by atoms with Crippen LogP contribution in [-0.2, 0) is 0 Å². The largest absolute Gasteiger partial charge is 0.0616 e. The Kier molecular flexibility index (Phi) is 26.9. The average Bonchev–Trinajstić information content (AvgIpc) is 0.808. The van der Waals surface area contributed by atoms with Crippen LogP contribution in [0, 0.1) is 166 Å². The molecule has 0 aliphatic rings. The van der Waals surface area contributed by atoms with E-state index in [1.165, 1.54) is 222 Å². The summed E-state index contributed by atoms with van der Waals surface area (Å²) in [6, 6.07) is 93.4. The third-order valence-electron chi connectivity index (χ3n) is 22.2. The molecule has 106 heavy (non-hydrogen) atoms. The average molecular weight is 1390 g/mol. The van der Waals surface area contributed by atoms with E-state index in [1.54, 1.807) is 0 Å². The SMILES string of the molecule is Cc1cc(C)c(C)cc1C.Cc1cc2cc(C)c(C)cc2cc1C.Cc1ccc(-c2ccc(-c3ccc(C)c(C)c3)cc2)cc1C.Cc1ccc(-c2ccc(C)c(C)c2)cc1C.Cc1ccc(-c2cccc(-c3ccc(C)c(C)c3)c2)cc1C.Cc1ccc(-c2ccccc2-c2ccc(C)c(C)c2)cc1C. The molecule has 0 atom stereocenters. The van der Waals surface area contributed by atoms with Crippen molar-refractivity contribution in [2.75, 3.05) is 0 Å². The number of fused-ring (bicyclic) bond motifs is 1. The van der Waals surface area contributed by atoms with Gasteiger partial charge < -0.3 is 0 Å². The molecule has 0 aromatic heterocycles. The summed E-state index contributed by atoms with van der Waals surface area (Å²) in [5.74, 6) is 0. The van der Waals surface area contributed by atoms with Crippen LogP contribution < -0.4 is 0 Å². The standard InChI is InChI=1S/3C22H22.C16H18.C14H16.C10H14/c1-15-5-7-21(13-17(15)3)19-9-11-20(12-10-19)22-8-6-16(2)18(4)14-22;1-15-8-10-21(12-17(15)3)19-6-5-7-20(14-19)22-11-9-16(2)18(4)13-22;1-15-9-11-19(13-17(15)3)21-7-5-6-8-22(21)20-12-10-16(2)18(4)14-20;1-11-5-7-15(9-13(11)3)16-8-6-12(2)14(4)10-16;1-9-5-13-7-11(3)12(4)8-14(13)6-10(9)2;1-7-5-9(3)10(4)6-8(7)2/h3*5-14H,1-4H3;5-10H,1-4H3;5-8H,1-4H3;5-6H,1-4H3. The van der Waals surface area contributed by atoms with Gasteiger partial charge in [0.2, 0.25) is 0 Å². The van der Waals surface area contributed by atoms with Gasteiger partial charge in [-0.25, -0.2) is 0 Å². The van der Waals surface area contributed by atoms with Crippen LogP contribution in [0.3, 0.4) is 0 Å². The fourth-order valence-corrected chi connectivity index (χ4v) is 13.0. The van der Waals surface area contributed by atoms with Gasteiger partial charge >= 0.3 is 0 Å². The zero-order valence-corrected chi connectivity index (χ0v) is 68.2. The maximum atomic E-state index is 2.29. The molecule has 0 amide bonds. The first-order valence-corrected chi connectivity index (χ1v) is 37.8. The first-order chi connectivity index (χ1) is 50.4. The molecule has 0 bridgehead atoms. The van der Waals surface area contributed by atoms with E-state index < -0.39 is 0 Å². The van der Waals surface area contributed by atoms with Gasteiger partial charge in [-0.3, -0.25) is 0 Å². The predicted octanol–water partition coefficient (Wildman–Crippen LogP) is 30.3. The van der Waals surface area contributed by atoms with Crippen LogP contribution >= 0.6 is 0 Å². The number of hydrogen-bond donors (Lipinski definition) is 0. The fraction of sp³-hybridized carbons (Fsp3) is 0.226. The van der Waals surface area contributed by atoms with Gasteiger partial charge in [0.15, 0.2) is 0 Å². The van der Waals surface area contributed by atoms with Crippen molar-refractivity contribution in [1.29, 1.82) is 0 Å². The molecule has 0 radical (unpaired) electrons. The normalized spacial score (nSPS) is 10.6. The maximum absolute atomic E-state index is 2.29. The lowest BCUT2D eigenvalue weighted by Gasteiger charge is -2.13. The van der Waals surface area contributed by atoms with Gasteiger partial charge in [-0.05, 0) is 394 Å². The summed E-state index contributed by atoms with van der Waals surface area (Å²) in [6.45, 7) is 51.9. The number of aryl methyl sites for hydroxylation is 24. The third-order valence-corrected chi connectivity index (χ3v) is 22.2. The van der Waals surface area contributed by atoms with E-state index in [-0.39, 0.29) is 0 Å². The molecule has 538 valence electrons. The summed E-state index contributed by atoms with van der Waals surface area (Å²) in [7, 11) is 0. The summed E-state index contributed by atoms with van der Waals surface area (Å²) in [4.78, 5) is 0. The van der Waals surface area contributed by atoms with Crippen molar-refractivity contribution in [2.24, 2.45) is 0 Å². The molecule has 0 N–H and O–H groups in total. The highest BCUT2D eigenvalue weighted by Gasteiger charge is 2.11. The van der Waals surface area contributed by atoms with Crippen molar-refractivity contribution in [3.8, 4) is 77.9 Å². The highest BCUT2D eigenvalue weighted by atomic mass is 14.2. The van der Waals surface area contributed by atoms with E-state index in [2.05, 4.69) is 421 Å². The molecule has 14 aromatic carbocycles. The van der Waals surface area contributed by atoms with Gasteiger partial charge in [0.25, 0.3) is 0 Å². The van der Waals surface area contributed by atoms with Crippen LogP contribution in [-0.4, -0.2) is 0 Å². The zero-order chi connectivity index (χ0) is 76.8. The molecule has 0 fully saturated rings. The number of hydrogen-bond acceptors (Lipinski definition) is 0. The fourth-order valence-electron chi connectivity index (χ4n) is 13.0. The van der Waals surface area contributed by atoms with Crippen LogP contribution in [0.4, 0.5) is 0 Å². The monoisotopic (exact) mass is 1390 g/mol. The van der Waals surface area contributed by atoms with Crippen LogP contribution in [0.15, 0.2) is 255 Å². The quantitative estimate of drug-likeness (QED) is 0.149. The Hall–Kier alpha value is -10.7. The van der Waals surface area contributed by atoms with Crippen molar-refractivity contribution >= 4 is 10.8 Å². The molecule has 14 rings (SSSR count). The first kappa shape index (κ1) is 79.5. The van der Waals surface area contributed by atoms with Crippen molar-refractivity contribution < 1.29 is 0 Å². The Morgan fingerprint density at radius 1 is 0.104 bits per heavy atom. The third kappa shape index (κ3) is 20.6. The molecule has 0 aliphatic carbocycles. The summed E-state index contributed by atoms with van der Waals surface area (Å²) in [5.41, 5.74) is 50.6. The maximum Gasteiger partial charge on any atom is -0.0105 e. The molecule has 0 heterocycles. The minimum atomic E-state index is 1.27. The van der Waals surface area contributed by atoms with Crippen LogP contribution in [0.1, 0.15) is 134 Å². The van der Waals surface area contributed by atoms with Crippen molar-refractivity contribution in [2.45, 2.75) is 166 Å². The van der Waals surface area contributed by atoms with E-state index in [9.17, 15) is 0 Å². The van der Waals surface area contributed by atoms with Crippen LogP contribution in [0.5, 0.6) is 0 Å². The second kappa shape index (κ2) is 35.9. The van der Waals surface area contributed by atoms with E-state index in [1.807, 2.05) is 0 Å². The molecule has 0 unspecified atom stereocenters. The minimum absolute atomic E-state index is 1.27. The number of benzene rings is 14. The van der Waals surface area contributed by atoms with E-state index in [0.717, 1.165) is 0 Å². The lowest BCUT2D eigenvalue weighted by molar-refractivity contribution is 1.24. The van der Waals surface area contributed by atoms with Gasteiger partial charge in [-0.2, -0.15) is 0 Å². The summed E-state index contributed by atoms with van der Waals surface area (Å²) >= 11 is 0. The first-order valence-electron chi connectivity index (χ1n) is 37.8. The van der Waals surface area contributed by atoms with Gasteiger partial charge in [0.05, 0.1) is 0 Å². The van der Waals surface area contributed by atoms with E-state index >= 15 is 0 Å². The van der Waals surface area contributed by atoms with Gasteiger partial charge in [-0.1, -0.05) is 249 Å². The highest BCUT2D eigenvalue weighted by molar-refractivity contribution is 5.86. The molecule has 0 saturated heterocycles. The topological polar surface area (TPSA) is 0 Å². The number of rotatable bonds is 7. The molecule has 14 aromatic rings. The summed E-state index contributed by atoms with van der Waals surface area (Å²) < 4.78 is 0. The van der Waals surface area contributed by atoms with Crippen molar-refractivity contribution in [3.63, 3.8) is 0 Å². The zero-order valence-electron chi connectivity index (χ0n) is 68.2. The molecule has 0 nitrogen and oxygen atoms in total. The predicted molar refractivity (Wildman–Crippen MR) is 468 cm³/mol. The second-order valence-electron chi connectivity index (χ2n) is 30.3. The Morgan fingerprint density at radius 3 is 0.481 bits per heavy atom. The smallest absolute Gasteiger partial charge is 0.0105 e. The van der Waals surface area contributed by atoms with Gasteiger partial charge in [-0.15, -0.1) is 0 Å². The minimum Gasteiger partial charge on any atom is -0.0616 e. The molecular formula is C106H114. The Bertz CT molecular complexity index is 5030. The van der Waals surface area contributed by atoms with Crippen LogP contribution in [0.25, 0.3) is 88.7 Å². The Balaban J connectivity index is 0.000000150. The van der Waals surface area contributed by atoms with Crippen LogP contribution in [0.2, 0.25) is 0 Å². The summed E-state index contributed by atoms with van der Waals surface area (Å²) in [5, 5.41) is 2.72. The lowest BCUT2D eigenvalue weighted by Crippen LogP contribution is -1.89. The Labute approximate surface area is 639 Å². The lowest BCUT2D eigenvalue weighted by atomic mass is 9.92. The van der Waals surface area contributed by atoms with E-state index in [4.69, 9.17) is 0 Å².